The van der Waals surface area contributed by atoms with Crippen LogP contribution in [0.15, 0.2) is 0 Å². The number of ether oxygens (including phenoxy) is 1. The first-order valence-corrected chi connectivity index (χ1v) is 7.83. The molecule has 1 saturated carbocycles. The van der Waals surface area contributed by atoms with E-state index in [2.05, 4.69) is 12.2 Å². The Morgan fingerprint density at radius 1 is 1.35 bits per heavy atom. The lowest BCUT2D eigenvalue weighted by molar-refractivity contribution is -0.139. The fourth-order valence-corrected chi connectivity index (χ4v) is 3.47. The molecule has 0 aliphatic heterocycles. The van der Waals surface area contributed by atoms with E-state index in [0.29, 0.717) is 23.7 Å². The van der Waals surface area contributed by atoms with Gasteiger partial charge in [0.2, 0.25) is 0 Å². The van der Waals surface area contributed by atoms with Gasteiger partial charge in [-0.1, -0.05) is 19.8 Å². The van der Waals surface area contributed by atoms with Crippen molar-refractivity contribution in [3.05, 3.63) is 0 Å². The maximum Gasteiger partial charge on any atom is 0.315 e. The van der Waals surface area contributed by atoms with Crippen molar-refractivity contribution in [1.29, 1.82) is 0 Å². The Morgan fingerprint density at radius 2 is 2.12 bits per heavy atom. The van der Waals surface area contributed by atoms with Crippen LogP contribution in [0.25, 0.3) is 0 Å². The number of thioether (sulfide) groups is 1. The molecule has 0 spiro atoms. The van der Waals surface area contributed by atoms with Crippen molar-refractivity contribution in [3.63, 3.8) is 0 Å². The van der Waals surface area contributed by atoms with Crippen molar-refractivity contribution >= 4 is 17.7 Å². The van der Waals surface area contributed by atoms with Gasteiger partial charge in [0.1, 0.15) is 0 Å². The molecule has 2 unspecified atom stereocenters. The van der Waals surface area contributed by atoms with E-state index in [9.17, 15) is 4.79 Å². The lowest BCUT2D eigenvalue weighted by atomic mass is 9.95. The predicted molar refractivity (Wildman–Crippen MR) is 73.4 cm³/mol. The minimum atomic E-state index is -0.0719. The van der Waals surface area contributed by atoms with E-state index >= 15 is 0 Å². The van der Waals surface area contributed by atoms with Crippen LogP contribution in [0.1, 0.15) is 46.0 Å². The summed E-state index contributed by atoms with van der Waals surface area (Å²) in [5, 5.41) is 4.19. The Morgan fingerprint density at radius 3 is 2.82 bits per heavy atom. The highest BCUT2D eigenvalue weighted by Gasteiger charge is 2.25. The molecule has 1 fully saturated rings. The third kappa shape index (κ3) is 5.77. The van der Waals surface area contributed by atoms with Crippen LogP contribution in [0.5, 0.6) is 0 Å². The van der Waals surface area contributed by atoms with Crippen molar-refractivity contribution < 1.29 is 9.53 Å². The molecule has 0 radical (unpaired) electrons. The summed E-state index contributed by atoms with van der Waals surface area (Å²) in [7, 11) is 0. The molecule has 1 N–H and O–H groups in total. The van der Waals surface area contributed by atoms with Gasteiger partial charge in [0.05, 0.1) is 12.4 Å². The number of carbonyl (C=O) groups excluding carboxylic acids is 1. The van der Waals surface area contributed by atoms with Crippen LogP contribution in [-0.4, -0.2) is 36.2 Å². The standard InChI is InChI=1S/C13H25NO2S/c1-3-9-14-11-7-5-6-8-12(11)17-10-13(15)16-4-2/h11-12,14H,3-10H2,1-2H3. The number of nitrogens with one attached hydrogen (secondary N) is 1. The Bertz CT molecular complexity index is 223. The molecular weight excluding hydrogens is 234 g/mol. The smallest absolute Gasteiger partial charge is 0.315 e. The summed E-state index contributed by atoms with van der Waals surface area (Å²) < 4.78 is 4.97. The number of hydrogen-bond acceptors (Lipinski definition) is 4. The Labute approximate surface area is 109 Å². The van der Waals surface area contributed by atoms with Crippen molar-refractivity contribution in [2.24, 2.45) is 0 Å². The molecule has 17 heavy (non-hydrogen) atoms. The Balaban J connectivity index is 2.29. The SMILES string of the molecule is CCCNC1CCCCC1SCC(=O)OCC. The number of rotatable bonds is 7. The predicted octanol–water partition coefficient (Wildman–Crippen LogP) is 2.59. The summed E-state index contributed by atoms with van der Waals surface area (Å²) in [4.78, 5) is 11.3. The van der Waals surface area contributed by atoms with Crippen molar-refractivity contribution in [2.75, 3.05) is 18.9 Å². The van der Waals surface area contributed by atoms with Crippen molar-refractivity contribution in [2.45, 2.75) is 57.2 Å². The second-order valence-corrected chi connectivity index (χ2v) is 5.73. The van der Waals surface area contributed by atoms with Crippen molar-refractivity contribution in [3.8, 4) is 0 Å². The third-order valence-corrected chi connectivity index (χ3v) is 4.47. The van der Waals surface area contributed by atoms with Crippen molar-refractivity contribution in [1.82, 2.24) is 5.32 Å². The van der Waals surface area contributed by atoms with Gasteiger partial charge in [-0.15, -0.1) is 11.8 Å². The molecular formula is C13H25NO2S. The van der Waals surface area contributed by atoms with Gasteiger partial charge in [-0.05, 0) is 32.7 Å². The lowest BCUT2D eigenvalue weighted by Gasteiger charge is -2.31. The summed E-state index contributed by atoms with van der Waals surface area (Å²) in [5.74, 6) is 0.431. The molecule has 0 heterocycles. The van der Waals surface area contributed by atoms with Crippen LogP contribution in [0.2, 0.25) is 0 Å². The van der Waals surface area contributed by atoms with Crippen LogP contribution in [-0.2, 0) is 9.53 Å². The van der Waals surface area contributed by atoms with E-state index in [-0.39, 0.29) is 5.97 Å². The number of hydrogen-bond donors (Lipinski definition) is 1. The van der Waals surface area contributed by atoms with Gasteiger partial charge in [-0.25, -0.2) is 0 Å². The normalized spacial score (nSPS) is 24.6. The van der Waals surface area contributed by atoms with Crippen LogP contribution < -0.4 is 5.32 Å². The Hall–Kier alpha value is -0.220. The summed E-state index contributed by atoms with van der Waals surface area (Å²) in [6, 6.07) is 0.586. The second-order valence-electron chi connectivity index (χ2n) is 4.50. The fourth-order valence-electron chi connectivity index (χ4n) is 2.24. The van der Waals surface area contributed by atoms with Gasteiger partial charge in [0.25, 0.3) is 0 Å². The largest absolute Gasteiger partial charge is 0.465 e. The van der Waals surface area contributed by atoms with Gasteiger partial charge in [0.15, 0.2) is 0 Å². The molecule has 0 saturated heterocycles. The molecule has 2 atom stereocenters. The molecule has 0 aromatic heterocycles. The number of esters is 1. The minimum Gasteiger partial charge on any atom is -0.465 e. The first-order chi connectivity index (χ1) is 8.27. The summed E-state index contributed by atoms with van der Waals surface area (Å²) in [6.07, 6.45) is 6.26. The topological polar surface area (TPSA) is 38.3 Å². The molecule has 1 rings (SSSR count). The number of carbonyl (C=O) groups is 1. The lowest BCUT2D eigenvalue weighted by Crippen LogP contribution is -2.41. The zero-order chi connectivity index (χ0) is 12.5. The molecule has 0 aromatic rings. The molecule has 100 valence electrons. The highest BCUT2D eigenvalue weighted by Crippen LogP contribution is 2.28. The first-order valence-electron chi connectivity index (χ1n) is 6.78. The average molecular weight is 259 g/mol. The molecule has 3 nitrogen and oxygen atoms in total. The second kappa shape index (κ2) is 8.81. The highest BCUT2D eigenvalue weighted by atomic mass is 32.2. The average Bonchev–Trinajstić information content (AvgIpc) is 2.35. The van der Waals surface area contributed by atoms with E-state index in [0.717, 1.165) is 6.54 Å². The van der Waals surface area contributed by atoms with Gasteiger partial charge in [0, 0.05) is 11.3 Å². The minimum absolute atomic E-state index is 0.0719. The Kier molecular flexibility index (Phi) is 7.69. The molecule has 0 aromatic carbocycles. The third-order valence-electron chi connectivity index (χ3n) is 3.08. The van der Waals surface area contributed by atoms with Crippen LogP contribution in [0, 0.1) is 0 Å². The molecule has 1 aliphatic rings. The van der Waals surface area contributed by atoms with Crippen LogP contribution >= 0.6 is 11.8 Å². The van der Waals surface area contributed by atoms with Gasteiger partial charge in [-0.3, -0.25) is 4.79 Å². The van der Waals surface area contributed by atoms with Gasteiger partial charge in [-0.2, -0.15) is 0 Å². The van der Waals surface area contributed by atoms with E-state index in [1.54, 1.807) is 11.8 Å². The van der Waals surface area contributed by atoms with Gasteiger partial charge < -0.3 is 10.1 Å². The quantitative estimate of drug-likeness (QED) is 0.713. The van der Waals surface area contributed by atoms with E-state index < -0.39 is 0 Å². The van der Waals surface area contributed by atoms with Gasteiger partial charge >= 0.3 is 5.97 Å². The van der Waals surface area contributed by atoms with E-state index in [1.807, 2.05) is 6.92 Å². The molecule has 0 bridgehead atoms. The summed E-state index contributed by atoms with van der Waals surface area (Å²) in [6.45, 7) is 5.62. The maximum atomic E-state index is 11.3. The maximum absolute atomic E-state index is 11.3. The zero-order valence-corrected chi connectivity index (χ0v) is 11.9. The molecule has 4 heteroatoms. The highest BCUT2D eigenvalue weighted by molar-refractivity contribution is 8.00. The van der Waals surface area contributed by atoms with E-state index in [1.165, 1.54) is 32.1 Å². The van der Waals surface area contributed by atoms with E-state index in [4.69, 9.17) is 4.74 Å². The van der Waals surface area contributed by atoms with Crippen LogP contribution in [0.4, 0.5) is 0 Å². The zero-order valence-electron chi connectivity index (χ0n) is 11.0. The summed E-state index contributed by atoms with van der Waals surface area (Å²) >= 11 is 1.77. The molecule has 0 amide bonds. The molecule has 1 aliphatic carbocycles. The monoisotopic (exact) mass is 259 g/mol. The fraction of sp³-hybridized carbons (Fsp3) is 0.923. The first kappa shape index (κ1) is 14.8. The van der Waals surface area contributed by atoms with Crippen LogP contribution in [0.3, 0.4) is 0 Å². The summed E-state index contributed by atoms with van der Waals surface area (Å²) in [5.41, 5.74) is 0.